The average Bonchev–Trinajstić information content (AvgIpc) is 3.15. The van der Waals surface area contributed by atoms with E-state index in [1.807, 2.05) is 26.0 Å². The molecule has 0 amide bonds. The molecule has 7 heteroatoms. The van der Waals surface area contributed by atoms with Crippen LogP contribution in [0.1, 0.15) is 52.1 Å². The lowest BCUT2D eigenvalue weighted by Crippen LogP contribution is -2.39. The monoisotopic (exact) mass is 491 g/mol. The maximum absolute atomic E-state index is 5.73. The molecule has 2 atom stereocenters. The summed E-state index contributed by atoms with van der Waals surface area (Å²) in [6.07, 6.45) is 2.47. The molecule has 1 aliphatic rings. The smallest absolute Gasteiger partial charge is 0.191 e. The lowest BCUT2D eigenvalue weighted by molar-refractivity contribution is 0.117. The van der Waals surface area contributed by atoms with Crippen molar-refractivity contribution in [3.05, 3.63) is 23.8 Å². The molecule has 1 aromatic carbocycles. The number of guanidine groups is 1. The van der Waals surface area contributed by atoms with Gasteiger partial charge in [0.1, 0.15) is 0 Å². The number of hydrogen-bond acceptors (Lipinski definition) is 4. The fourth-order valence-corrected chi connectivity index (χ4v) is 2.93. The maximum Gasteiger partial charge on any atom is 0.191 e. The Morgan fingerprint density at radius 2 is 1.96 bits per heavy atom. The van der Waals surface area contributed by atoms with Gasteiger partial charge < -0.3 is 24.8 Å². The van der Waals surface area contributed by atoms with Crippen molar-refractivity contribution < 1.29 is 14.2 Å². The molecule has 0 bridgehead atoms. The number of benzene rings is 1. The molecule has 0 saturated carbocycles. The summed E-state index contributed by atoms with van der Waals surface area (Å²) in [7, 11) is 0. The zero-order valence-electron chi connectivity index (χ0n) is 16.9. The molecule has 1 fully saturated rings. The molecule has 1 aromatic rings. The Hall–Kier alpha value is -1.22. The second-order valence-electron chi connectivity index (χ2n) is 6.29. The fraction of sp³-hybridized carbons (Fsp3) is 0.650. The Balaban J connectivity index is 0.00000364. The Bertz CT molecular complexity index is 578. The van der Waals surface area contributed by atoms with Crippen molar-refractivity contribution >= 4 is 29.9 Å². The molecule has 2 N–H and O–H groups in total. The topological polar surface area (TPSA) is 64.1 Å². The first-order chi connectivity index (χ1) is 12.7. The molecule has 0 aliphatic carbocycles. The van der Waals surface area contributed by atoms with Crippen LogP contribution in [0.5, 0.6) is 11.5 Å². The summed E-state index contributed by atoms with van der Waals surface area (Å²) in [6, 6.07) is 6.16. The maximum atomic E-state index is 5.73. The summed E-state index contributed by atoms with van der Waals surface area (Å²) >= 11 is 0. The predicted molar refractivity (Wildman–Crippen MR) is 121 cm³/mol. The van der Waals surface area contributed by atoms with Gasteiger partial charge in [0, 0.05) is 13.2 Å². The van der Waals surface area contributed by atoms with E-state index in [2.05, 4.69) is 35.5 Å². The standard InChI is InChI=1S/C20H33N3O3.HI/c1-5-21-20(22-14-17-9-8-12-26-17)23-15(4)16-10-11-18(24-6-2)19(13-16)25-7-3;/h10-11,13,15,17H,5-9,12,14H2,1-4H3,(H2,21,22,23);1H. The number of rotatable bonds is 9. The molecule has 0 aromatic heterocycles. The Labute approximate surface area is 180 Å². The normalized spacial score (nSPS) is 17.8. The van der Waals surface area contributed by atoms with Crippen molar-refractivity contribution in [3.63, 3.8) is 0 Å². The van der Waals surface area contributed by atoms with Crippen molar-refractivity contribution in [1.29, 1.82) is 0 Å². The number of aliphatic imine (C=N–C) groups is 1. The Morgan fingerprint density at radius 1 is 1.22 bits per heavy atom. The van der Waals surface area contributed by atoms with Gasteiger partial charge in [-0.15, -0.1) is 24.0 Å². The summed E-state index contributed by atoms with van der Waals surface area (Å²) in [4.78, 5) is 4.68. The van der Waals surface area contributed by atoms with Crippen LogP contribution in [-0.4, -0.2) is 45.0 Å². The number of nitrogens with zero attached hydrogens (tertiary/aromatic N) is 1. The highest BCUT2D eigenvalue weighted by Crippen LogP contribution is 2.30. The molecule has 0 radical (unpaired) electrons. The van der Waals surface area contributed by atoms with Gasteiger partial charge in [-0.05, 0) is 58.2 Å². The van der Waals surface area contributed by atoms with Gasteiger partial charge in [0.25, 0.3) is 0 Å². The first-order valence-corrected chi connectivity index (χ1v) is 9.73. The van der Waals surface area contributed by atoms with Crippen LogP contribution in [-0.2, 0) is 4.74 Å². The predicted octanol–water partition coefficient (Wildman–Crippen LogP) is 3.90. The van der Waals surface area contributed by atoms with Crippen LogP contribution in [0.2, 0.25) is 0 Å². The highest BCUT2D eigenvalue weighted by molar-refractivity contribution is 14.0. The lowest BCUT2D eigenvalue weighted by atomic mass is 10.1. The van der Waals surface area contributed by atoms with Crippen LogP contribution in [0.4, 0.5) is 0 Å². The van der Waals surface area contributed by atoms with Crippen LogP contribution >= 0.6 is 24.0 Å². The summed E-state index contributed by atoms with van der Waals surface area (Å²) in [5.74, 6) is 2.37. The average molecular weight is 491 g/mol. The van der Waals surface area contributed by atoms with Crippen molar-refractivity contribution in [2.75, 3.05) is 32.9 Å². The van der Waals surface area contributed by atoms with Crippen LogP contribution < -0.4 is 20.1 Å². The van der Waals surface area contributed by atoms with Gasteiger partial charge in [-0.25, -0.2) is 0 Å². The zero-order valence-corrected chi connectivity index (χ0v) is 19.2. The SMILES string of the molecule is CCNC(=NCC1CCCO1)NC(C)c1ccc(OCC)c(OCC)c1.I. The number of ether oxygens (including phenoxy) is 3. The van der Waals surface area contributed by atoms with Gasteiger partial charge in [-0.3, -0.25) is 4.99 Å². The molecule has 1 aliphatic heterocycles. The first kappa shape index (κ1) is 23.8. The fourth-order valence-electron chi connectivity index (χ4n) is 2.93. The first-order valence-electron chi connectivity index (χ1n) is 9.73. The van der Waals surface area contributed by atoms with Gasteiger partial charge >= 0.3 is 0 Å². The van der Waals surface area contributed by atoms with Crippen LogP contribution in [0.15, 0.2) is 23.2 Å². The third-order valence-electron chi connectivity index (χ3n) is 4.24. The molecular weight excluding hydrogens is 457 g/mol. The minimum atomic E-state index is 0. The van der Waals surface area contributed by atoms with Gasteiger partial charge in [0.2, 0.25) is 0 Å². The van der Waals surface area contributed by atoms with Crippen molar-refractivity contribution in [3.8, 4) is 11.5 Å². The molecule has 0 spiro atoms. The second-order valence-corrected chi connectivity index (χ2v) is 6.29. The number of hydrogen-bond donors (Lipinski definition) is 2. The molecule has 1 saturated heterocycles. The highest BCUT2D eigenvalue weighted by atomic mass is 127. The van der Waals surface area contributed by atoms with E-state index in [1.54, 1.807) is 0 Å². The molecular formula is C20H34IN3O3. The van der Waals surface area contributed by atoms with Crippen molar-refractivity contribution in [1.82, 2.24) is 10.6 Å². The van der Waals surface area contributed by atoms with E-state index in [0.29, 0.717) is 19.8 Å². The molecule has 27 heavy (non-hydrogen) atoms. The number of halogens is 1. The Morgan fingerprint density at radius 3 is 2.59 bits per heavy atom. The summed E-state index contributed by atoms with van der Waals surface area (Å²) < 4.78 is 17.0. The zero-order chi connectivity index (χ0) is 18.8. The number of nitrogens with one attached hydrogen (secondary N) is 2. The summed E-state index contributed by atoms with van der Waals surface area (Å²) in [5.41, 5.74) is 1.12. The molecule has 2 rings (SSSR count). The van der Waals surface area contributed by atoms with E-state index in [-0.39, 0.29) is 36.1 Å². The summed E-state index contributed by atoms with van der Waals surface area (Å²) in [6.45, 7) is 11.7. The van der Waals surface area contributed by atoms with E-state index in [0.717, 1.165) is 49.0 Å². The third kappa shape index (κ3) is 7.73. The van der Waals surface area contributed by atoms with E-state index in [9.17, 15) is 0 Å². The third-order valence-corrected chi connectivity index (χ3v) is 4.24. The van der Waals surface area contributed by atoms with E-state index >= 15 is 0 Å². The molecule has 1 heterocycles. The highest BCUT2D eigenvalue weighted by Gasteiger charge is 2.16. The van der Waals surface area contributed by atoms with Crippen molar-refractivity contribution in [2.45, 2.75) is 52.7 Å². The molecule has 154 valence electrons. The van der Waals surface area contributed by atoms with E-state index in [1.165, 1.54) is 0 Å². The van der Waals surface area contributed by atoms with Crippen molar-refractivity contribution in [2.24, 2.45) is 4.99 Å². The molecule has 2 unspecified atom stereocenters. The minimum Gasteiger partial charge on any atom is -0.490 e. The van der Waals surface area contributed by atoms with E-state index in [4.69, 9.17) is 14.2 Å². The van der Waals surface area contributed by atoms with E-state index < -0.39 is 0 Å². The van der Waals surface area contributed by atoms with Crippen LogP contribution in [0.25, 0.3) is 0 Å². The minimum absolute atomic E-state index is 0. The second kappa shape index (κ2) is 13.0. The van der Waals surface area contributed by atoms with Gasteiger partial charge in [0.05, 0.1) is 31.9 Å². The summed E-state index contributed by atoms with van der Waals surface area (Å²) in [5, 5.41) is 6.77. The van der Waals surface area contributed by atoms with Crippen LogP contribution in [0, 0.1) is 0 Å². The Kier molecular flexibility index (Phi) is 11.5. The van der Waals surface area contributed by atoms with Gasteiger partial charge in [-0.2, -0.15) is 0 Å². The van der Waals surface area contributed by atoms with Gasteiger partial charge in [0.15, 0.2) is 17.5 Å². The van der Waals surface area contributed by atoms with Crippen LogP contribution in [0.3, 0.4) is 0 Å². The molecule has 6 nitrogen and oxygen atoms in total. The quantitative estimate of drug-likeness (QED) is 0.312. The van der Waals surface area contributed by atoms with Gasteiger partial charge in [-0.1, -0.05) is 6.07 Å². The lowest BCUT2D eigenvalue weighted by Gasteiger charge is -2.20. The largest absolute Gasteiger partial charge is 0.490 e.